The number of methoxy groups -OCH3 is 2. The predicted molar refractivity (Wildman–Crippen MR) is 123 cm³/mol. The summed E-state index contributed by atoms with van der Waals surface area (Å²) in [7, 11) is 2.45. The maximum atomic E-state index is 12.9. The summed E-state index contributed by atoms with van der Waals surface area (Å²) in [5.41, 5.74) is 3.58. The number of nitrogens with zero attached hydrogens (tertiary/aromatic N) is 1. The quantitative estimate of drug-likeness (QED) is 0.590. The Morgan fingerprint density at radius 2 is 1.62 bits per heavy atom. The van der Waals surface area contributed by atoms with Gasteiger partial charge in [-0.2, -0.15) is 0 Å². The molecule has 32 heavy (non-hydrogen) atoms. The van der Waals surface area contributed by atoms with Crippen LogP contribution in [-0.4, -0.2) is 36.6 Å². The number of hydrogen-bond acceptors (Lipinski definition) is 7. The van der Waals surface area contributed by atoms with Crippen LogP contribution in [0.15, 0.2) is 23.0 Å². The zero-order valence-electron chi connectivity index (χ0n) is 18.7. The standard InChI is InChI=1S/C23H24N2O6S/c1-11-7-13(3)19-15(8-11)12(2)9-17(27)25(19)10-16(26)24-21-18(22(28)30-5)14(4)20(32-21)23(29)31-6/h7-9H,10H2,1-6H3,(H,24,26). The van der Waals surface area contributed by atoms with E-state index in [4.69, 9.17) is 9.47 Å². The van der Waals surface area contributed by atoms with E-state index >= 15 is 0 Å². The number of hydrogen-bond donors (Lipinski definition) is 1. The molecule has 0 saturated carbocycles. The Bertz CT molecular complexity index is 1320. The lowest BCUT2D eigenvalue weighted by molar-refractivity contribution is -0.116. The maximum absolute atomic E-state index is 12.9. The Morgan fingerprint density at radius 3 is 2.25 bits per heavy atom. The van der Waals surface area contributed by atoms with Gasteiger partial charge in [-0.3, -0.25) is 14.2 Å². The second kappa shape index (κ2) is 8.96. The lowest BCUT2D eigenvalue weighted by Crippen LogP contribution is -2.28. The topological polar surface area (TPSA) is 104 Å². The van der Waals surface area contributed by atoms with Crippen molar-refractivity contribution in [3.8, 4) is 0 Å². The Morgan fingerprint density at radius 1 is 0.969 bits per heavy atom. The highest BCUT2D eigenvalue weighted by molar-refractivity contribution is 7.18. The van der Waals surface area contributed by atoms with Crippen molar-refractivity contribution in [3.63, 3.8) is 0 Å². The summed E-state index contributed by atoms with van der Waals surface area (Å²) in [5.74, 6) is -1.82. The van der Waals surface area contributed by atoms with Crippen LogP contribution in [0.4, 0.5) is 5.00 Å². The van der Waals surface area contributed by atoms with Gasteiger partial charge < -0.3 is 14.8 Å². The molecule has 0 aliphatic carbocycles. The van der Waals surface area contributed by atoms with Crippen LogP contribution in [0.5, 0.6) is 0 Å². The fraction of sp³-hybridized carbons (Fsp3) is 0.304. The zero-order chi connectivity index (χ0) is 23.7. The number of fused-ring (bicyclic) bond motifs is 1. The summed E-state index contributed by atoms with van der Waals surface area (Å²) in [5, 5.41) is 3.72. The number of rotatable bonds is 5. The monoisotopic (exact) mass is 456 g/mol. The summed E-state index contributed by atoms with van der Waals surface area (Å²) >= 11 is 0.922. The number of aromatic nitrogens is 1. The van der Waals surface area contributed by atoms with Gasteiger partial charge in [0.15, 0.2) is 0 Å². The molecule has 3 aromatic rings. The number of pyridine rings is 1. The van der Waals surface area contributed by atoms with Crippen LogP contribution in [-0.2, 0) is 20.8 Å². The number of benzene rings is 1. The molecule has 168 valence electrons. The Hall–Kier alpha value is -3.46. The normalized spacial score (nSPS) is 10.8. The Labute approximate surface area is 188 Å². The molecule has 3 rings (SSSR count). The van der Waals surface area contributed by atoms with Crippen molar-refractivity contribution in [2.24, 2.45) is 0 Å². The number of amides is 1. The van der Waals surface area contributed by atoms with Gasteiger partial charge >= 0.3 is 11.9 Å². The molecule has 2 heterocycles. The fourth-order valence-corrected chi connectivity index (χ4v) is 4.90. The fourth-order valence-electron chi connectivity index (χ4n) is 3.77. The molecule has 0 spiro atoms. The minimum atomic E-state index is -0.687. The van der Waals surface area contributed by atoms with E-state index in [1.54, 1.807) is 6.92 Å². The van der Waals surface area contributed by atoms with Gasteiger partial charge in [0.05, 0.1) is 25.3 Å². The van der Waals surface area contributed by atoms with Gasteiger partial charge in [0, 0.05) is 11.5 Å². The second-order valence-electron chi connectivity index (χ2n) is 7.52. The average molecular weight is 457 g/mol. The van der Waals surface area contributed by atoms with Gasteiger partial charge in [0.2, 0.25) is 5.91 Å². The Kier molecular flexibility index (Phi) is 6.50. The van der Waals surface area contributed by atoms with Crippen LogP contribution >= 0.6 is 11.3 Å². The highest BCUT2D eigenvalue weighted by Crippen LogP contribution is 2.34. The number of esters is 2. The summed E-state index contributed by atoms with van der Waals surface area (Å²) in [6, 6.07) is 5.43. The number of aryl methyl sites for hydroxylation is 3. The molecule has 8 nitrogen and oxygen atoms in total. The molecule has 0 atom stereocenters. The molecule has 0 fully saturated rings. The second-order valence-corrected chi connectivity index (χ2v) is 8.54. The third-order valence-electron chi connectivity index (χ3n) is 5.21. The first-order valence-electron chi connectivity index (χ1n) is 9.80. The third-order valence-corrected chi connectivity index (χ3v) is 6.39. The van der Waals surface area contributed by atoms with Gasteiger partial charge in [-0.15, -0.1) is 11.3 Å². The molecular formula is C23H24N2O6S. The number of carbonyl (C=O) groups excluding carboxylic acids is 3. The van der Waals surface area contributed by atoms with Crippen LogP contribution < -0.4 is 10.9 Å². The molecule has 1 N–H and O–H groups in total. The maximum Gasteiger partial charge on any atom is 0.348 e. The van der Waals surface area contributed by atoms with Crippen LogP contribution in [0.3, 0.4) is 0 Å². The Balaban J connectivity index is 2.04. The van der Waals surface area contributed by atoms with Crippen molar-refractivity contribution in [1.82, 2.24) is 4.57 Å². The largest absolute Gasteiger partial charge is 0.465 e. The van der Waals surface area contributed by atoms with Crippen molar-refractivity contribution in [1.29, 1.82) is 0 Å². The molecule has 0 saturated heterocycles. The van der Waals surface area contributed by atoms with Crippen LogP contribution in [0, 0.1) is 27.7 Å². The predicted octanol–water partition coefficient (Wildman–Crippen LogP) is 3.51. The van der Waals surface area contributed by atoms with Gasteiger partial charge in [0.25, 0.3) is 5.56 Å². The summed E-state index contributed by atoms with van der Waals surface area (Å²) in [4.78, 5) is 50.2. The highest BCUT2D eigenvalue weighted by atomic mass is 32.1. The summed E-state index contributed by atoms with van der Waals surface area (Å²) < 4.78 is 11.0. The SMILES string of the molecule is COC(=O)c1sc(NC(=O)Cn2c(=O)cc(C)c3cc(C)cc(C)c32)c(C(=O)OC)c1C. The molecule has 1 amide bonds. The first-order valence-corrected chi connectivity index (χ1v) is 10.6. The number of thiophene rings is 1. The van der Waals surface area contributed by atoms with Gasteiger partial charge in [-0.25, -0.2) is 9.59 Å². The lowest BCUT2D eigenvalue weighted by Gasteiger charge is -2.15. The van der Waals surface area contributed by atoms with E-state index in [-0.39, 0.29) is 27.5 Å². The summed E-state index contributed by atoms with van der Waals surface area (Å²) in [6.45, 7) is 7.04. The van der Waals surface area contributed by atoms with Gasteiger partial charge in [0.1, 0.15) is 16.4 Å². The van der Waals surface area contributed by atoms with E-state index in [0.29, 0.717) is 11.1 Å². The van der Waals surface area contributed by atoms with Crippen LogP contribution in [0.25, 0.3) is 10.9 Å². The van der Waals surface area contributed by atoms with Crippen LogP contribution in [0.2, 0.25) is 0 Å². The van der Waals surface area contributed by atoms with E-state index < -0.39 is 17.8 Å². The molecular weight excluding hydrogens is 432 g/mol. The van der Waals surface area contributed by atoms with Crippen molar-refractivity contribution in [2.45, 2.75) is 34.2 Å². The molecule has 2 aromatic heterocycles. The van der Waals surface area contributed by atoms with E-state index in [2.05, 4.69) is 5.32 Å². The minimum Gasteiger partial charge on any atom is -0.465 e. The van der Waals surface area contributed by atoms with E-state index in [1.807, 2.05) is 32.9 Å². The van der Waals surface area contributed by atoms with Crippen molar-refractivity contribution in [2.75, 3.05) is 19.5 Å². The smallest absolute Gasteiger partial charge is 0.348 e. The average Bonchev–Trinajstić information content (AvgIpc) is 3.05. The molecule has 0 aliphatic rings. The molecule has 0 radical (unpaired) electrons. The first kappa shape index (κ1) is 23.2. The molecule has 9 heteroatoms. The number of nitrogens with one attached hydrogen (secondary N) is 1. The zero-order valence-corrected chi connectivity index (χ0v) is 19.6. The third kappa shape index (κ3) is 4.16. The van der Waals surface area contributed by atoms with Crippen molar-refractivity contribution >= 4 is 45.1 Å². The van der Waals surface area contributed by atoms with Gasteiger partial charge in [-0.1, -0.05) is 11.6 Å². The van der Waals surface area contributed by atoms with E-state index in [1.165, 1.54) is 24.9 Å². The number of carbonyl (C=O) groups is 3. The number of anilines is 1. The van der Waals surface area contributed by atoms with Crippen molar-refractivity contribution in [3.05, 3.63) is 61.2 Å². The van der Waals surface area contributed by atoms with E-state index in [0.717, 1.165) is 33.4 Å². The van der Waals surface area contributed by atoms with Crippen molar-refractivity contribution < 1.29 is 23.9 Å². The molecule has 1 aromatic carbocycles. The first-order chi connectivity index (χ1) is 15.1. The summed E-state index contributed by atoms with van der Waals surface area (Å²) in [6.07, 6.45) is 0. The lowest BCUT2D eigenvalue weighted by atomic mass is 10.0. The minimum absolute atomic E-state index is 0.0826. The van der Waals surface area contributed by atoms with Crippen LogP contribution in [0.1, 0.15) is 42.3 Å². The van der Waals surface area contributed by atoms with E-state index in [9.17, 15) is 19.2 Å². The molecule has 0 aliphatic heterocycles. The number of ether oxygens (including phenoxy) is 2. The highest BCUT2D eigenvalue weighted by Gasteiger charge is 2.27. The van der Waals surface area contributed by atoms with Gasteiger partial charge in [-0.05, 0) is 50.5 Å². The molecule has 0 bridgehead atoms. The molecule has 0 unspecified atom stereocenters.